The molecule has 0 atom stereocenters. The average molecular weight is 483 g/mol. The molecule has 0 unspecified atom stereocenters. The van der Waals surface area contributed by atoms with Crippen LogP contribution in [0.25, 0.3) is 11.6 Å². The number of nitrogens with zero attached hydrogens (tertiary/aromatic N) is 5. The average Bonchev–Trinajstić information content (AvgIpc) is 3.25. The predicted molar refractivity (Wildman–Crippen MR) is 78.5 cm³/mol. The quantitative estimate of drug-likeness (QED) is 0.451. The molecular formula is C15H5F12N5. The molecule has 3 aromatic heterocycles. The zero-order valence-corrected chi connectivity index (χ0v) is 14.7. The molecule has 174 valence electrons. The fourth-order valence-electron chi connectivity index (χ4n) is 2.44. The van der Waals surface area contributed by atoms with Crippen LogP contribution in [0.3, 0.4) is 0 Å². The Morgan fingerprint density at radius 1 is 0.531 bits per heavy atom. The van der Waals surface area contributed by atoms with Crippen LogP contribution in [0.4, 0.5) is 52.7 Å². The van der Waals surface area contributed by atoms with Crippen molar-refractivity contribution in [3.05, 3.63) is 53.1 Å². The van der Waals surface area contributed by atoms with Gasteiger partial charge in [-0.25, -0.2) is 14.3 Å². The molecule has 3 aromatic rings. The molecular weight excluding hydrogens is 478 g/mol. The molecule has 0 aliphatic carbocycles. The maximum atomic E-state index is 13.2. The fourth-order valence-corrected chi connectivity index (χ4v) is 2.44. The lowest BCUT2D eigenvalue weighted by Gasteiger charge is -2.12. The molecule has 17 heteroatoms. The summed E-state index contributed by atoms with van der Waals surface area (Å²) < 4.78 is 155. The third-order valence-electron chi connectivity index (χ3n) is 3.73. The minimum atomic E-state index is -5.39. The molecule has 0 aliphatic rings. The second-order valence-electron chi connectivity index (χ2n) is 6.00. The lowest BCUT2D eigenvalue weighted by molar-refractivity contribution is -0.145. The highest BCUT2D eigenvalue weighted by Crippen LogP contribution is 2.38. The number of halogens is 12. The summed E-state index contributed by atoms with van der Waals surface area (Å²) in [6.07, 6.45) is -21.4. The van der Waals surface area contributed by atoms with E-state index in [2.05, 4.69) is 15.2 Å². The predicted octanol–water partition coefficient (Wildman–Crippen LogP) is 5.53. The Hall–Kier alpha value is -3.27. The van der Waals surface area contributed by atoms with Gasteiger partial charge in [0.1, 0.15) is 0 Å². The van der Waals surface area contributed by atoms with Crippen molar-refractivity contribution in [1.82, 2.24) is 24.5 Å². The fraction of sp³-hybridized carbons (Fsp3) is 0.267. The van der Waals surface area contributed by atoms with Crippen LogP contribution in [-0.2, 0) is 24.7 Å². The largest absolute Gasteiger partial charge is 0.435 e. The molecule has 0 fully saturated rings. The summed E-state index contributed by atoms with van der Waals surface area (Å²) in [5, 5.41) is 5.49. The standard InChI is InChI=1S/C15H5F12N5/c16-12(17,18)6-4-8(14(22,23)24)31(29-6)10-2-1-3-11(28-10)32-9(15(25,26)27)5-7(30-32)13(19,20)21/h1-5H. The van der Waals surface area contributed by atoms with E-state index in [9.17, 15) is 52.7 Å². The van der Waals surface area contributed by atoms with Gasteiger partial charge in [0.2, 0.25) is 0 Å². The first-order valence-corrected chi connectivity index (χ1v) is 7.86. The van der Waals surface area contributed by atoms with Gasteiger partial charge < -0.3 is 0 Å². The summed E-state index contributed by atoms with van der Waals surface area (Å²) in [7, 11) is 0. The van der Waals surface area contributed by atoms with Crippen LogP contribution in [0.15, 0.2) is 30.3 Å². The molecule has 32 heavy (non-hydrogen) atoms. The summed E-state index contributed by atoms with van der Waals surface area (Å²) in [5.74, 6) is -2.11. The number of rotatable bonds is 2. The van der Waals surface area contributed by atoms with E-state index in [1.54, 1.807) is 0 Å². The van der Waals surface area contributed by atoms with Crippen molar-refractivity contribution >= 4 is 0 Å². The van der Waals surface area contributed by atoms with Crippen molar-refractivity contribution in [1.29, 1.82) is 0 Å². The van der Waals surface area contributed by atoms with Crippen LogP contribution in [0.1, 0.15) is 22.8 Å². The van der Waals surface area contributed by atoms with Gasteiger partial charge in [-0.3, -0.25) is 0 Å². The van der Waals surface area contributed by atoms with Gasteiger partial charge in [-0.15, -0.1) is 0 Å². The number of aromatic nitrogens is 5. The minimum absolute atomic E-state index is 0.340. The first-order valence-electron chi connectivity index (χ1n) is 7.86. The van der Waals surface area contributed by atoms with E-state index in [-0.39, 0.29) is 21.5 Å². The van der Waals surface area contributed by atoms with Gasteiger partial charge in [0.15, 0.2) is 34.4 Å². The van der Waals surface area contributed by atoms with E-state index < -0.39 is 59.1 Å². The van der Waals surface area contributed by atoms with Gasteiger partial charge in [0, 0.05) is 12.1 Å². The van der Waals surface area contributed by atoms with Crippen LogP contribution in [0, 0.1) is 0 Å². The Morgan fingerprint density at radius 2 is 0.875 bits per heavy atom. The molecule has 0 bridgehead atoms. The number of hydrogen-bond donors (Lipinski definition) is 0. The van der Waals surface area contributed by atoms with Gasteiger partial charge in [-0.1, -0.05) is 6.07 Å². The first-order chi connectivity index (χ1) is 14.4. The Morgan fingerprint density at radius 3 is 1.16 bits per heavy atom. The van der Waals surface area contributed by atoms with Crippen LogP contribution >= 0.6 is 0 Å². The summed E-state index contributed by atoms with van der Waals surface area (Å²) in [6.45, 7) is 0. The molecule has 0 amide bonds. The second kappa shape index (κ2) is 7.13. The van der Waals surface area contributed by atoms with Gasteiger partial charge in [-0.05, 0) is 12.1 Å². The number of pyridine rings is 1. The SMILES string of the molecule is FC(F)(F)c1cc(C(F)(F)F)n(-c2cccc(-n3nc(C(F)(F)F)cc3C(F)(F)F)n2)n1. The van der Waals surface area contributed by atoms with Gasteiger partial charge >= 0.3 is 24.7 Å². The Bertz CT molecular complexity index is 1040. The van der Waals surface area contributed by atoms with Crippen LogP contribution < -0.4 is 0 Å². The van der Waals surface area contributed by atoms with E-state index in [0.717, 1.165) is 6.07 Å². The van der Waals surface area contributed by atoms with Crippen molar-refractivity contribution < 1.29 is 52.7 Å². The van der Waals surface area contributed by atoms with E-state index in [1.165, 1.54) is 0 Å². The minimum Gasteiger partial charge on any atom is -0.210 e. The lowest BCUT2D eigenvalue weighted by atomic mass is 10.3. The smallest absolute Gasteiger partial charge is 0.210 e. The normalized spacial score (nSPS) is 13.6. The zero-order chi connectivity index (χ0) is 24.3. The molecule has 3 rings (SSSR count). The van der Waals surface area contributed by atoms with E-state index >= 15 is 0 Å². The molecule has 0 radical (unpaired) electrons. The molecule has 5 nitrogen and oxygen atoms in total. The van der Waals surface area contributed by atoms with E-state index in [4.69, 9.17) is 0 Å². The third kappa shape index (κ3) is 4.50. The van der Waals surface area contributed by atoms with Crippen molar-refractivity contribution in [3.63, 3.8) is 0 Å². The molecule has 0 spiro atoms. The Balaban J connectivity index is 2.22. The first kappa shape index (κ1) is 23.4. The van der Waals surface area contributed by atoms with Crippen molar-refractivity contribution in [3.8, 4) is 11.6 Å². The van der Waals surface area contributed by atoms with Crippen LogP contribution in [-0.4, -0.2) is 24.5 Å². The maximum absolute atomic E-state index is 13.2. The van der Waals surface area contributed by atoms with Crippen molar-refractivity contribution in [2.24, 2.45) is 0 Å². The van der Waals surface area contributed by atoms with Crippen LogP contribution in [0.5, 0.6) is 0 Å². The summed E-state index contributed by atoms with van der Waals surface area (Å²) in [6, 6.07) is 1.36. The Labute approximate surface area is 167 Å². The molecule has 0 saturated carbocycles. The molecule has 0 N–H and O–H groups in total. The van der Waals surface area contributed by atoms with E-state index in [1.807, 2.05) is 0 Å². The van der Waals surface area contributed by atoms with E-state index in [0.29, 0.717) is 12.1 Å². The molecule has 0 aromatic carbocycles. The maximum Gasteiger partial charge on any atom is 0.435 e. The monoisotopic (exact) mass is 483 g/mol. The summed E-state index contributed by atoms with van der Waals surface area (Å²) in [5.41, 5.74) is -7.90. The molecule has 0 saturated heterocycles. The lowest BCUT2D eigenvalue weighted by Crippen LogP contribution is -2.17. The topological polar surface area (TPSA) is 48.5 Å². The molecule has 0 aliphatic heterocycles. The zero-order valence-electron chi connectivity index (χ0n) is 14.7. The molecule has 3 heterocycles. The highest BCUT2D eigenvalue weighted by Gasteiger charge is 2.44. The second-order valence-corrected chi connectivity index (χ2v) is 6.00. The van der Waals surface area contributed by atoms with Gasteiger partial charge in [0.25, 0.3) is 0 Å². The third-order valence-corrected chi connectivity index (χ3v) is 3.73. The highest BCUT2D eigenvalue weighted by atomic mass is 19.4. The summed E-state index contributed by atoms with van der Waals surface area (Å²) >= 11 is 0. The van der Waals surface area contributed by atoms with Crippen molar-refractivity contribution in [2.75, 3.05) is 0 Å². The van der Waals surface area contributed by atoms with Crippen molar-refractivity contribution in [2.45, 2.75) is 24.7 Å². The van der Waals surface area contributed by atoms with Crippen LogP contribution in [0.2, 0.25) is 0 Å². The van der Waals surface area contributed by atoms with Gasteiger partial charge in [0.05, 0.1) is 0 Å². The number of hydrogen-bond acceptors (Lipinski definition) is 3. The highest BCUT2D eigenvalue weighted by molar-refractivity contribution is 5.36. The summed E-state index contributed by atoms with van der Waals surface area (Å²) in [4.78, 5) is 3.32. The van der Waals surface area contributed by atoms with Gasteiger partial charge in [-0.2, -0.15) is 62.9 Å². The number of alkyl halides is 12. The Kier molecular flexibility index (Phi) is 5.21.